The second kappa shape index (κ2) is 10.8. The van der Waals surface area contributed by atoms with Crippen LogP contribution >= 0.6 is 11.3 Å². The fourth-order valence-electron chi connectivity index (χ4n) is 5.84. The van der Waals surface area contributed by atoms with Gasteiger partial charge < -0.3 is 20.2 Å². The number of ether oxygens (including phenoxy) is 1. The zero-order valence-electron chi connectivity index (χ0n) is 24.0. The number of aryl methyl sites for hydroxylation is 2. The molecule has 11 heteroatoms. The predicted molar refractivity (Wildman–Crippen MR) is 160 cm³/mol. The van der Waals surface area contributed by atoms with E-state index in [9.17, 15) is 9.18 Å². The van der Waals surface area contributed by atoms with Crippen LogP contribution in [0.25, 0.3) is 32.0 Å². The van der Waals surface area contributed by atoms with Crippen LogP contribution in [0.3, 0.4) is 0 Å². The number of halogens is 1. The van der Waals surface area contributed by atoms with Crippen LogP contribution in [-0.2, 0) is 12.8 Å². The minimum absolute atomic E-state index is 0.0583. The molecule has 42 heavy (non-hydrogen) atoms. The summed E-state index contributed by atoms with van der Waals surface area (Å²) in [6.07, 6.45) is 3.81. The quantitative estimate of drug-likeness (QED) is 0.209. The SMILES string of the molecule is COc1c(F)ccc2c1CCC2Nc1nccc2cc(-c3c(C(N)=O)c(CC(C)C)nc(C)c3-c3nnc(C)o3)sc12. The monoisotopic (exact) mass is 586 g/mol. The summed E-state index contributed by atoms with van der Waals surface area (Å²) in [5.41, 5.74) is 10.8. The molecule has 0 bridgehead atoms. The summed E-state index contributed by atoms with van der Waals surface area (Å²) in [4.78, 5) is 23.4. The minimum atomic E-state index is -0.566. The summed E-state index contributed by atoms with van der Waals surface area (Å²) in [5.74, 6) is 1.02. The Kier molecular flexibility index (Phi) is 7.14. The third-order valence-electron chi connectivity index (χ3n) is 7.54. The van der Waals surface area contributed by atoms with Gasteiger partial charge in [-0.3, -0.25) is 9.78 Å². The fourth-order valence-corrected chi connectivity index (χ4v) is 7.00. The van der Waals surface area contributed by atoms with E-state index in [4.69, 9.17) is 19.9 Å². The molecule has 0 fully saturated rings. The normalized spacial score (nSPS) is 14.5. The standard InChI is InChI=1S/C31H31FN6O3S/c1-14(2)12-22-25(29(33)39)26(24(15(3)35-22)31-38-37-16(4)41-31)23-13-17-10-11-34-30(28(17)42-23)36-21-9-7-19-18(21)6-8-20(32)27(19)40-5/h6,8,10-11,13-14,21H,7,9,12H2,1-5H3,(H2,33,39)(H,34,36). The molecule has 1 aromatic carbocycles. The lowest BCUT2D eigenvalue weighted by Crippen LogP contribution is -2.19. The Hall–Kier alpha value is -4.38. The maximum absolute atomic E-state index is 14.3. The van der Waals surface area contributed by atoms with Crippen molar-refractivity contribution in [3.8, 4) is 27.6 Å². The molecule has 0 saturated heterocycles. The third kappa shape index (κ3) is 4.77. The van der Waals surface area contributed by atoms with E-state index in [0.29, 0.717) is 58.4 Å². The molecule has 1 aliphatic rings. The maximum atomic E-state index is 14.3. The van der Waals surface area contributed by atoms with Crippen LogP contribution in [0.2, 0.25) is 0 Å². The molecule has 9 nitrogen and oxygen atoms in total. The van der Waals surface area contributed by atoms with Gasteiger partial charge in [0.25, 0.3) is 5.91 Å². The number of hydrogen-bond acceptors (Lipinski definition) is 9. The summed E-state index contributed by atoms with van der Waals surface area (Å²) in [7, 11) is 1.49. The Balaban J connectivity index is 1.51. The van der Waals surface area contributed by atoms with Crippen molar-refractivity contribution in [1.82, 2.24) is 20.2 Å². The van der Waals surface area contributed by atoms with Crippen LogP contribution in [0, 0.1) is 25.6 Å². The van der Waals surface area contributed by atoms with Gasteiger partial charge in [0, 0.05) is 29.1 Å². The maximum Gasteiger partial charge on any atom is 0.251 e. The van der Waals surface area contributed by atoms with Crippen molar-refractivity contribution in [3.05, 3.63) is 70.2 Å². The first-order valence-electron chi connectivity index (χ1n) is 13.8. The van der Waals surface area contributed by atoms with Gasteiger partial charge in [0.2, 0.25) is 11.8 Å². The third-order valence-corrected chi connectivity index (χ3v) is 8.72. The number of carbonyl (C=O) groups excluding carboxylic acids is 1. The number of carbonyl (C=O) groups is 1. The highest BCUT2D eigenvalue weighted by atomic mass is 32.1. The van der Waals surface area contributed by atoms with Gasteiger partial charge in [-0.1, -0.05) is 19.9 Å². The molecule has 1 unspecified atom stereocenters. The Morgan fingerprint density at radius 1 is 1.24 bits per heavy atom. The average molecular weight is 587 g/mol. The zero-order valence-corrected chi connectivity index (χ0v) is 24.9. The number of fused-ring (bicyclic) bond motifs is 2. The van der Waals surface area contributed by atoms with Crippen molar-refractivity contribution in [2.45, 2.75) is 53.0 Å². The van der Waals surface area contributed by atoms with Gasteiger partial charge in [0.1, 0.15) is 5.82 Å². The summed E-state index contributed by atoms with van der Waals surface area (Å²) in [6, 6.07) is 7.16. The molecule has 6 rings (SSSR count). The number of thiophene rings is 1. The van der Waals surface area contributed by atoms with Crippen molar-refractivity contribution in [2.75, 3.05) is 12.4 Å². The number of nitrogens with zero attached hydrogens (tertiary/aromatic N) is 4. The van der Waals surface area contributed by atoms with E-state index >= 15 is 0 Å². The molecular formula is C31H31FN6O3S. The molecule has 0 radical (unpaired) electrons. The average Bonchev–Trinajstić information content (AvgIpc) is 3.66. The van der Waals surface area contributed by atoms with Gasteiger partial charge >= 0.3 is 0 Å². The molecule has 1 atom stereocenters. The lowest BCUT2D eigenvalue weighted by Gasteiger charge is -2.17. The molecule has 4 aromatic heterocycles. The fraction of sp³-hybridized carbons (Fsp3) is 0.323. The lowest BCUT2D eigenvalue weighted by atomic mass is 9.93. The smallest absolute Gasteiger partial charge is 0.251 e. The topological polar surface area (TPSA) is 129 Å². The van der Waals surface area contributed by atoms with E-state index in [-0.39, 0.29) is 23.7 Å². The van der Waals surface area contributed by atoms with E-state index in [1.165, 1.54) is 24.5 Å². The van der Waals surface area contributed by atoms with Crippen LogP contribution in [0.4, 0.5) is 10.2 Å². The molecule has 0 spiro atoms. The highest BCUT2D eigenvalue weighted by Crippen LogP contribution is 2.46. The van der Waals surface area contributed by atoms with E-state index in [1.807, 2.05) is 25.1 Å². The first-order valence-corrected chi connectivity index (χ1v) is 14.6. The van der Waals surface area contributed by atoms with Crippen molar-refractivity contribution in [3.63, 3.8) is 0 Å². The summed E-state index contributed by atoms with van der Waals surface area (Å²) < 4.78 is 26.4. The highest BCUT2D eigenvalue weighted by molar-refractivity contribution is 7.23. The van der Waals surface area contributed by atoms with Gasteiger partial charge in [-0.05, 0) is 61.3 Å². The van der Waals surface area contributed by atoms with Crippen LogP contribution in [0.5, 0.6) is 5.75 Å². The number of hydrogen-bond donors (Lipinski definition) is 2. The molecule has 216 valence electrons. The summed E-state index contributed by atoms with van der Waals surface area (Å²) >= 11 is 1.50. The minimum Gasteiger partial charge on any atom is -0.493 e. The largest absolute Gasteiger partial charge is 0.493 e. The number of benzene rings is 1. The Labute approximate surface area is 246 Å². The number of nitrogens with two attached hydrogens (primary N) is 1. The Morgan fingerprint density at radius 2 is 2.05 bits per heavy atom. The van der Waals surface area contributed by atoms with E-state index < -0.39 is 5.91 Å². The number of methoxy groups -OCH3 is 1. The van der Waals surface area contributed by atoms with Gasteiger partial charge in [-0.2, -0.15) is 0 Å². The van der Waals surface area contributed by atoms with Crippen molar-refractivity contribution in [1.29, 1.82) is 0 Å². The van der Waals surface area contributed by atoms with Gasteiger partial charge in [0.15, 0.2) is 11.6 Å². The molecular weight excluding hydrogens is 555 g/mol. The number of rotatable bonds is 8. The molecule has 0 aliphatic heterocycles. The molecule has 0 saturated carbocycles. The molecule has 5 aromatic rings. The van der Waals surface area contributed by atoms with Gasteiger partial charge in [-0.25, -0.2) is 9.37 Å². The Morgan fingerprint density at radius 3 is 2.74 bits per heavy atom. The van der Waals surface area contributed by atoms with Gasteiger partial charge in [0.05, 0.1) is 40.4 Å². The predicted octanol–water partition coefficient (Wildman–Crippen LogP) is 6.57. The van der Waals surface area contributed by atoms with E-state index in [1.54, 1.807) is 13.1 Å². The summed E-state index contributed by atoms with van der Waals surface area (Å²) in [6.45, 7) is 7.74. The molecule has 1 aliphatic carbocycles. The van der Waals surface area contributed by atoms with E-state index in [0.717, 1.165) is 32.5 Å². The van der Waals surface area contributed by atoms with Crippen LogP contribution in [0.1, 0.15) is 65.1 Å². The number of anilines is 1. The van der Waals surface area contributed by atoms with Crippen LogP contribution in [-0.4, -0.2) is 33.2 Å². The summed E-state index contributed by atoms with van der Waals surface area (Å²) in [5, 5.41) is 12.8. The number of pyridine rings is 2. The lowest BCUT2D eigenvalue weighted by molar-refractivity contribution is 0.0999. The first kappa shape index (κ1) is 27.8. The second-order valence-corrected chi connectivity index (χ2v) is 12.0. The molecule has 4 heterocycles. The number of aromatic nitrogens is 4. The first-order chi connectivity index (χ1) is 20.2. The number of nitrogens with one attached hydrogen (secondary N) is 1. The van der Waals surface area contributed by atoms with Crippen LogP contribution < -0.4 is 15.8 Å². The van der Waals surface area contributed by atoms with Crippen molar-refractivity contribution >= 4 is 33.1 Å². The van der Waals surface area contributed by atoms with Crippen molar-refractivity contribution < 1.29 is 18.3 Å². The molecule has 1 amide bonds. The number of amides is 1. The highest BCUT2D eigenvalue weighted by Gasteiger charge is 2.30. The number of primary amides is 1. The van der Waals surface area contributed by atoms with Crippen LogP contribution in [0.15, 0.2) is 34.9 Å². The van der Waals surface area contributed by atoms with E-state index in [2.05, 4.69) is 34.3 Å². The van der Waals surface area contributed by atoms with Gasteiger partial charge in [-0.15, -0.1) is 21.5 Å². The molecule has 3 N–H and O–H groups in total. The second-order valence-electron chi connectivity index (χ2n) is 10.9. The Bertz CT molecular complexity index is 1850. The van der Waals surface area contributed by atoms with Crippen molar-refractivity contribution in [2.24, 2.45) is 11.7 Å². The zero-order chi connectivity index (χ0) is 29.7.